The first kappa shape index (κ1) is 22.2. The number of carbonyl (C=O) groups is 2. The van der Waals surface area contributed by atoms with Crippen LogP contribution in [-0.4, -0.2) is 27.4 Å². The fraction of sp³-hybridized carbons (Fsp3) is 0.222. The highest BCUT2D eigenvalue weighted by molar-refractivity contribution is 7.92. The van der Waals surface area contributed by atoms with Crippen LogP contribution in [0.3, 0.4) is 0 Å². The van der Waals surface area contributed by atoms with Crippen molar-refractivity contribution in [1.82, 2.24) is 5.32 Å². The zero-order valence-corrected chi connectivity index (χ0v) is 16.1. The Morgan fingerprint density at radius 2 is 1.79 bits per heavy atom. The molecule has 0 radical (unpaired) electrons. The Labute approximate surface area is 164 Å². The van der Waals surface area contributed by atoms with E-state index in [2.05, 4.69) is 14.8 Å². The Hall–Kier alpha value is -3.08. The van der Waals surface area contributed by atoms with Crippen LogP contribution >= 0.6 is 0 Å². The number of ether oxygens (including phenoxy) is 1. The lowest BCUT2D eigenvalue weighted by molar-refractivity contribution is -0.137. The zero-order chi connectivity index (χ0) is 21.8. The van der Waals surface area contributed by atoms with E-state index < -0.39 is 32.6 Å². The first-order valence-electron chi connectivity index (χ1n) is 8.09. The van der Waals surface area contributed by atoms with Gasteiger partial charge in [0.2, 0.25) is 5.91 Å². The molecule has 0 spiro atoms. The van der Waals surface area contributed by atoms with Gasteiger partial charge in [-0.1, -0.05) is 6.07 Å². The van der Waals surface area contributed by atoms with Crippen LogP contribution in [-0.2, 0) is 32.3 Å². The lowest BCUT2D eigenvalue weighted by Crippen LogP contribution is -2.20. The second-order valence-corrected chi connectivity index (χ2v) is 7.63. The molecule has 0 unspecified atom stereocenters. The van der Waals surface area contributed by atoms with Crippen LogP contribution in [0.5, 0.6) is 0 Å². The summed E-state index contributed by atoms with van der Waals surface area (Å²) in [5, 5.41) is 2.50. The van der Waals surface area contributed by atoms with E-state index in [9.17, 15) is 31.2 Å². The number of methoxy groups -OCH3 is 1. The average molecular weight is 430 g/mol. The second-order valence-electron chi connectivity index (χ2n) is 5.95. The van der Waals surface area contributed by atoms with Crippen molar-refractivity contribution in [3.8, 4) is 0 Å². The molecule has 2 aromatic carbocycles. The Morgan fingerprint density at radius 3 is 2.38 bits per heavy atom. The Kier molecular flexibility index (Phi) is 6.52. The summed E-state index contributed by atoms with van der Waals surface area (Å²) in [7, 11) is -3.25. The minimum Gasteiger partial charge on any atom is -0.465 e. The number of sulfonamides is 1. The molecule has 0 aromatic heterocycles. The molecule has 0 aliphatic heterocycles. The molecular weight excluding hydrogens is 413 g/mol. The molecule has 29 heavy (non-hydrogen) atoms. The number of amides is 1. The van der Waals surface area contributed by atoms with Crippen molar-refractivity contribution in [3.05, 3.63) is 59.2 Å². The third-order valence-electron chi connectivity index (χ3n) is 3.68. The standard InChI is InChI=1S/C18H17F3N2O5S/c1-11(24)22-10-12-6-13(17(25)28-2)8-15(7-12)23-29(26,27)16-5-3-4-14(9-16)18(19,20)21/h3-9,23H,10H2,1-2H3,(H,22,24). The molecule has 156 valence electrons. The summed E-state index contributed by atoms with van der Waals surface area (Å²) in [6, 6.07) is 7.16. The molecule has 0 aliphatic rings. The number of benzene rings is 2. The normalized spacial score (nSPS) is 11.6. The van der Waals surface area contributed by atoms with Crippen LogP contribution in [0.2, 0.25) is 0 Å². The van der Waals surface area contributed by atoms with Gasteiger partial charge in [-0.05, 0) is 42.0 Å². The van der Waals surface area contributed by atoms with Crippen LogP contribution in [0.25, 0.3) is 0 Å². The zero-order valence-electron chi connectivity index (χ0n) is 15.3. The monoisotopic (exact) mass is 430 g/mol. The van der Waals surface area contributed by atoms with Gasteiger partial charge in [-0.25, -0.2) is 13.2 Å². The van der Waals surface area contributed by atoms with Gasteiger partial charge < -0.3 is 10.1 Å². The fourth-order valence-corrected chi connectivity index (χ4v) is 3.45. The van der Waals surface area contributed by atoms with E-state index >= 15 is 0 Å². The SMILES string of the molecule is COC(=O)c1cc(CNC(C)=O)cc(NS(=O)(=O)c2cccc(C(F)(F)F)c2)c1. The Balaban J connectivity index is 2.42. The van der Waals surface area contributed by atoms with Gasteiger partial charge in [0.1, 0.15) is 0 Å². The molecule has 2 rings (SSSR count). The first-order valence-corrected chi connectivity index (χ1v) is 9.57. The lowest BCUT2D eigenvalue weighted by atomic mass is 10.1. The summed E-state index contributed by atoms with van der Waals surface area (Å²) >= 11 is 0. The fourth-order valence-electron chi connectivity index (χ4n) is 2.37. The second kappa shape index (κ2) is 8.52. The van der Waals surface area contributed by atoms with Gasteiger partial charge in [-0.15, -0.1) is 0 Å². The van der Waals surface area contributed by atoms with Gasteiger partial charge in [-0.3, -0.25) is 9.52 Å². The third-order valence-corrected chi connectivity index (χ3v) is 5.06. The van der Waals surface area contributed by atoms with Gasteiger partial charge in [0.15, 0.2) is 0 Å². The molecule has 0 saturated heterocycles. The Morgan fingerprint density at radius 1 is 1.10 bits per heavy atom. The average Bonchev–Trinajstić information content (AvgIpc) is 2.64. The van der Waals surface area contributed by atoms with E-state index in [1.165, 1.54) is 25.1 Å². The van der Waals surface area contributed by atoms with Crippen molar-refractivity contribution in [2.45, 2.75) is 24.5 Å². The molecule has 0 heterocycles. The maximum Gasteiger partial charge on any atom is 0.416 e. The first-order chi connectivity index (χ1) is 13.4. The third kappa shape index (κ3) is 5.95. The predicted molar refractivity (Wildman–Crippen MR) is 97.6 cm³/mol. The maximum atomic E-state index is 12.9. The molecule has 0 saturated carbocycles. The number of nitrogens with one attached hydrogen (secondary N) is 2. The maximum absolute atomic E-state index is 12.9. The number of halogens is 3. The minimum absolute atomic E-state index is 0.00153. The number of hydrogen-bond acceptors (Lipinski definition) is 5. The van der Waals surface area contributed by atoms with Crippen LogP contribution in [0.4, 0.5) is 18.9 Å². The number of alkyl halides is 3. The van der Waals surface area contributed by atoms with Crippen LogP contribution < -0.4 is 10.0 Å². The van der Waals surface area contributed by atoms with Crippen molar-refractivity contribution in [1.29, 1.82) is 0 Å². The topological polar surface area (TPSA) is 102 Å². The molecule has 1 amide bonds. The summed E-state index contributed by atoms with van der Waals surface area (Å²) in [5.74, 6) is -1.10. The summed E-state index contributed by atoms with van der Waals surface area (Å²) < 4.78 is 70.4. The van der Waals surface area contributed by atoms with Crippen LogP contribution in [0.1, 0.15) is 28.4 Å². The number of hydrogen-bond donors (Lipinski definition) is 2. The quantitative estimate of drug-likeness (QED) is 0.687. The highest BCUT2D eigenvalue weighted by Crippen LogP contribution is 2.31. The number of rotatable bonds is 6. The minimum atomic E-state index is -4.71. The number of esters is 1. The van der Waals surface area contributed by atoms with E-state index in [-0.39, 0.29) is 23.7 Å². The van der Waals surface area contributed by atoms with E-state index in [4.69, 9.17) is 0 Å². The van der Waals surface area contributed by atoms with E-state index in [1.54, 1.807) is 0 Å². The molecule has 7 nitrogen and oxygen atoms in total. The molecule has 0 bridgehead atoms. The van der Waals surface area contributed by atoms with Gasteiger partial charge in [0.05, 0.1) is 28.8 Å². The summed E-state index contributed by atoms with van der Waals surface area (Å²) in [4.78, 5) is 22.3. The predicted octanol–water partition coefficient (Wildman–Crippen LogP) is 2.93. The van der Waals surface area contributed by atoms with Crippen molar-refractivity contribution in [2.75, 3.05) is 11.8 Å². The summed E-state index contributed by atoms with van der Waals surface area (Å²) in [6.07, 6.45) is -4.71. The number of carbonyl (C=O) groups excluding carboxylic acids is 2. The van der Waals surface area contributed by atoms with Gasteiger partial charge in [0, 0.05) is 13.5 Å². The molecule has 0 atom stereocenters. The highest BCUT2D eigenvalue weighted by Gasteiger charge is 2.31. The Bertz CT molecular complexity index is 1040. The van der Waals surface area contributed by atoms with Crippen molar-refractivity contribution in [3.63, 3.8) is 0 Å². The largest absolute Gasteiger partial charge is 0.465 e. The molecule has 0 fully saturated rings. The summed E-state index contributed by atoms with van der Waals surface area (Å²) in [6.45, 7) is 1.28. The molecule has 0 aliphatic carbocycles. The summed E-state index contributed by atoms with van der Waals surface area (Å²) in [5.41, 5.74) is -0.817. The molecule has 2 N–H and O–H groups in total. The van der Waals surface area contributed by atoms with Crippen LogP contribution in [0.15, 0.2) is 47.4 Å². The van der Waals surface area contributed by atoms with E-state index in [0.717, 1.165) is 25.3 Å². The van der Waals surface area contributed by atoms with E-state index in [1.807, 2.05) is 0 Å². The van der Waals surface area contributed by atoms with Gasteiger partial charge >= 0.3 is 12.1 Å². The van der Waals surface area contributed by atoms with Crippen LogP contribution in [0, 0.1) is 0 Å². The smallest absolute Gasteiger partial charge is 0.416 e. The molecule has 2 aromatic rings. The van der Waals surface area contributed by atoms with Gasteiger partial charge in [-0.2, -0.15) is 13.2 Å². The molecule has 11 heteroatoms. The van der Waals surface area contributed by atoms with Crippen molar-refractivity contribution >= 4 is 27.6 Å². The van der Waals surface area contributed by atoms with Crippen molar-refractivity contribution < 1.29 is 35.9 Å². The highest BCUT2D eigenvalue weighted by atomic mass is 32.2. The van der Waals surface area contributed by atoms with Crippen molar-refractivity contribution in [2.24, 2.45) is 0 Å². The lowest BCUT2D eigenvalue weighted by Gasteiger charge is -2.13. The van der Waals surface area contributed by atoms with Gasteiger partial charge in [0.25, 0.3) is 10.0 Å². The number of anilines is 1. The van der Waals surface area contributed by atoms with E-state index in [0.29, 0.717) is 11.6 Å². The molecular formula is C18H17F3N2O5S.